The molecule has 0 radical (unpaired) electrons. The van der Waals surface area contributed by atoms with Crippen LogP contribution in [0.3, 0.4) is 0 Å². The quantitative estimate of drug-likeness (QED) is 0.676. The summed E-state index contributed by atoms with van der Waals surface area (Å²) >= 11 is 0. The molecule has 1 amide bonds. The Labute approximate surface area is 85.1 Å². The third kappa shape index (κ3) is 2.45. The number of likely N-dealkylation sites (tertiary alicyclic amines) is 1. The van der Waals surface area contributed by atoms with Crippen LogP contribution in [0.2, 0.25) is 0 Å². The number of rotatable bonds is 4. The molecular formula is C10H20N2O2. The fourth-order valence-electron chi connectivity index (χ4n) is 1.96. The molecular weight excluding hydrogens is 180 g/mol. The lowest BCUT2D eigenvalue weighted by Crippen LogP contribution is -2.46. The molecule has 82 valence electrons. The predicted octanol–water partition coefficient (Wildman–Crippen LogP) is 0.0971. The van der Waals surface area contributed by atoms with E-state index in [1.165, 1.54) is 0 Å². The molecule has 14 heavy (non-hydrogen) atoms. The maximum atomic E-state index is 11.8. The molecule has 1 saturated heterocycles. The number of aliphatic hydroxyl groups excluding tert-OH is 1. The van der Waals surface area contributed by atoms with Crippen LogP contribution >= 0.6 is 0 Å². The van der Waals surface area contributed by atoms with Crippen LogP contribution in [0.1, 0.15) is 32.6 Å². The summed E-state index contributed by atoms with van der Waals surface area (Å²) in [4.78, 5) is 13.5. The topological polar surface area (TPSA) is 66.6 Å². The molecule has 4 heteroatoms. The van der Waals surface area contributed by atoms with Crippen molar-refractivity contribution in [2.75, 3.05) is 13.2 Å². The van der Waals surface area contributed by atoms with Crippen LogP contribution in [0.4, 0.5) is 0 Å². The van der Waals surface area contributed by atoms with Gasteiger partial charge in [0.25, 0.3) is 0 Å². The van der Waals surface area contributed by atoms with Crippen LogP contribution in [0.15, 0.2) is 0 Å². The monoisotopic (exact) mass is 200 g/mol. The second-order valence-electron chi connectivity index (χ2n) is 3.91. The van der Waals surface area contributed by atoms with Crippen molar-refractivity contribution >= 4 is 5.91 Å². The van der Waals surface area contributed by atoms with Gasteiger partial charge < -0.3 is 15.7 Å². The molecule has 0 aromatic heterocycles. The lowest BCUT2D eigenvalue weighted by molar-refractivity contribution is -0.134. The minimum Gasteiger partial charge on any atom is -0.394 e. The van der Waals surface area contributed by atoms with Gasteiger partial charge in [-0.2, -0.15) is 0 Å². The Morgan fingerprint density at radius 2 is 2.43 bits per heavy atom. The van der Waals surface area contributed by atoms with Crippen LogP contribution in [0, 0.1) is 0 Å². The number of nitrogens with two attached hydrogens (primary N) is 1. The summed E-state index contributed by atoms with van der Waals surface area (Å²) in [6, 6.07) is -0.377. The number of carbonyl (C=O) groups is 1. The first kappa shape index (κ1) is 11.5. The van der Waals surface area contributed by atoms with Gasteiger partial charge in [0, 0.05) is 6.54 Å². The van der Waals surface area contributed by atoms with Gasteiger partial charge >= 0.3 is 0 Å². The van der Waals surface area contributed by atoms with Crippen molar-refractivity contribution in [3.8, 4) is 0 Å². The maximum Gasteiger partial charge on any atom is 0.239 e. The zero-order valence-electron chi connectivity index (χ0n) is 8.78. The van der Waals surface area contributed by atoms with E-state index in [0.29, 0.717) is 0 Å². The van der Waals surface area contributed by atoms with Crippen molar-refractivity contribution in [2.45, 2.75) is 44.7 Å². The zero-order valence-corrected chi connectivity index (χ0v) is 8.78. The van der Waals surface area contributed by atoms with Crippen LogP contribution in [0.5, 0.6) is 0 Å². The van der Waals surface area contributed by atoms with Crippen molar-refractivity contribution in [3.63, 3.8) is 0 Å². The maximum absolute atomic E-state index is 11.8. The number of carbonyl (C=O) groups excluding carboxylic acids is 1. The molecule has 0 aromatic rings. The number of aliphatic hydroxyl groups is 1. The summed E-state index contributed by atoms with van der Waals surface area (Å²) in [7, 11) is 0. The van der Waals surface area contributed by atoms with E-state index in [1.807, 2.05) is 6.92 Å². The number of hydrogen-bond donors (Lipinski definition) is 2. The minimum atomic E-state index is -0.382. The Hall–Kier alpha value is -0.610. The van der Waals surface area contributed by atoms with Crippen molar-refractivity contribution in [1.82, 2.24) is 4.90 Å². The van der Waals surface area contributed by atoms with E-state index in [2.05, 4.69) is 0 Å². The van der Waals surface area contributed by atoms with Gasteiger partial charge in [-0.1, -0.05) is 13.3 Å². The molecule has 0 saturated carbocycles. The van der Waals surface area contributed by atoms with Crippen LogP contribution < -0.4 is 5.73 Å². The fourth-order valence-corrected chi connectivity index (χ4v) is 1.96. The molecule has 1 rings (SSSR count). The van der Waals surface area contributed by atoms with Gasteiger partial charge in [-0.05, 0) is 19.3 Å². The predicted molar refractivity (Wildman–Crippen MR) is 54.7 cm³/mol. The highest BCUT2D eigenvalue weighted by molar-refractivity contribution is 5.82. The van der Waals surface area contributed by atoms with E-state index in [0.717, 1.165) is 32.2 Å². The summed E-state index contributed by atoms with van der Waals surface area (Å²) in [5.41, 5.74) is 5.75. The van der Waals surface area contributed by atoms with Gasteiger partial charge in [-0.25, -0.2) is 0 Å². The van der Waals surface area contributed by atoms with Crippen molar-refractivity contribution in [2.24, 2.45) is 5.73 Å². The summed E-state index contributed by atoms with van der Waals surface area (Å²) in [5, 5.41) is 9.06. The molecule has 1 aliphatic heterocycles. The minimum absolute atomic E-state index is 0.00315. The molecule has 0 unspecified atom stereocenters. The van der Waals surface area contributed by atoms with Crippen LogP contribution in [-0.2, 0) is 4.79 Å². The number of nitrogens with zero attached hydrogens (tertiary/aromatic N) is 1. The second kappa shape index (κ2) is 5.32. The van der Waals surface area contributed by atoms with E-state index in [-0.39, 0.29) is 24.6 Å². The Morgan fingerprint density at radius 3 is 3.00 bits per heavy atom. The normalized spacial score (nSPS) is 23.9. The Kier molecular flexibility index (Phi) is 4.35. The van der Waals surface area contributed by atoms with Gasteiger partial charge in [0.1, 0.15) is 0 Å². The Morgan fingerprint density at radius 1 is 1.71 bits per heavy atom. The Bertz CT molecular complexity index is 197. The van der Waals surface area contributed by atoms with Crippen molar-refractivity contribution in [1.29, 1.82) is 0 Å². The standard InChI is InChI=1S/C10H20N2O2/c1-2-4-9(11)10(14)12-6-3-5-8(12)7-13/h8-9,13H,2-7,11H2,1H3/t8-,9+/m0/s1. The average Bonchev–Trinajstić information content (AvgIpc) is 2.64. The summed E-state index contributed by atoms with van der Waals surface area (Å²) in [5.74, 6) is 0.00315. The molecule has 4 nitrogen and oxygen atoms in total. The Balaban J connectivity index is 2.50. The van der Waals surface area contributed by atoms with Gasteiger partial charge in [0.05, 0.1) is 18.7 Å². The van der Waals surface area contributed by atoms with Crippen molar-refractivity contribution in [3.05, 3.63) is 0 Å². The third-order valence-electron chi connectivity index (χ3n) is 2.79. The number of hydrogen-bond acceptors (Lipinski definition) is 3. The molecule has 0 bridgehead atoms. The smallest absolute Gasteiger partial charge is 0.239 e. The molecule has 0 spiro atoms. The molecule has 1 aliphatic rings. The third-order valence-corrected chi connectivity index (χ3v) is 2.79. The van der Waals surface area contributed by atoms with Gasteiger partial charge in [0.15, 0.2) is 0 Å². The first-order valence-electron chi connectivity index (χ1n) is 5.37. The molecule has 0 aliphatic carbocycles. The van der Waals surface area contributed by atoms with Crippen LogP contribution in [-0.4, -0.2) is 41.1 Å². The molecule has 3 N–H and O–H groups in total. The van der Waals surface area contributed by atoms with Gasteiger partial charge in [-0.3, -0.25) is 4.79 Å². The SMILES string of the molecule is CCC[C@@H](N)C(=O)N1CCC[C@H]1CO. The first-order chi connectivity index (χ1) is 6.70. The molecule has 1 fully saturated rings. The van der Waals surface area contributed by atoms with E-state index < -0.39 is 0 Å². The van der Waals surface area contributed by atoms with E-state index in [1.54, 1.807) is 4.90 Å². The summed E-state index contributed by atoms with van der Waals surface area (Å²) in [6.45, 7) is 2.83. The van der Waals surface area contributed by atoms with E-state index >= 15 is 0 Å². The number of amides is 1. The lowest BCUT2D eigenvalue weighted by atomic mass is 10.1. The first-order valence-corrected chi connectivity index (χ1v) is 5.37. The second-order valence-corrected chi connectivity index (χ2v) is 3.91. The summed E-state index contributed by atoms with van der Waals surface area (Å²) in [6.07, 6.45) is 3.54. The highest BCUT2D eigenvalue weighted by Crippen LogP contribution is 2.18. The van der Waals surface area contributed by atoms with E-state index in [4.69, 9.17) is 10.8 Å². The van der Waals surface area contributed by atoms with Gasteiger partial charge in [-0.15, -0.1) is 0 Å². The van der Waals surface area contributed by atoms with Gasteiger partial charge in [0.2, 0.25) is 5.91 Å². The average molecular weight is 200 g/mol. The molecule has 0 aromatic carbocycles. The summed E-state index contributed by atoms with van der Waals surface area (Å²) < 4.78 is 0. The largest absolute Gasteiger partial charge is 0.394 e. The van der Waals surface area contributed by atoms with E-state index in [9.17, 15) is 4.79 Å². The lowest BCUT2D eigenvalue weighted by Gasteiger charge is -2.25. The highest BCUT2D eigenvalue weighted by atomic mass is 16.3. The fraction of sp³-hybridized carbons (Fsp3) is 0.900. The molecule has 2 atom stereocenters. The highest BCUT2D eigenvalue weighted by Gasteiger charge is 2.30. The van der Waals surface area contributed by atoms with Crippen molar-refractivity contribution < 1.29 is 9.90 Å². The van der Waals surface area contributed by atoms with Crippen LogP contribution in [0.25, 0.3) is 0 Å². The molecule has 1 heterocycles. The zero-order chi connectivity index (χ0) is 10.6.